The molecule has 0 fully saturated rings. The summed E-state index contributed by atoms with van der Waals surface area (Å²) in [6, 6.07) is 1.80. The third-order valence-electron chi connectivity index (χ3n) is 1.55. The first-order valence-electron chi connectivity index (χ1n) is 3.71. The van der Waals surface area contributed by atoms with Crippen molar-refractivity contribution in [1.82, 2.24) is 4.98 Å². The molecule has 0 spiro atoms. The molecule has 60 valence electrons. The number of nitrogens with two attached hydrogens (primary N) is 1. The maximum Gasteiger partial charge on any atom is 0.265 e. The predicted molar refractivity (Wildman–Crippen MR) is 43.3 cm³/mol. The van der Waals surface area contributed by atoms with E-state index in [0.717, 1.165) is 18.4 Å². The Hall–Kier alpha value is -1.25. The largest absolute Gasteiger partial charge is 0.364 e. The minimum absolute atomic E-state index is 0.396. The smallest absolute Gasteiger partial charge is 0.265 e. The van der Waals surface area contributed by atoms with Crippen LogP contribution in [0.3, 0.4) is 0 Å². The summed E-state index contributed by atoms with van der Waals surface area (Å²) in [5.41, 5.74) is 6.69. The summed E-state index contributed by atoms with van der Waals surface area (Å²) in [6.45, 7) is 2.09. The molecule has 3 N–H and O–H groups in total. The molecule has 11 heavy (non-hydrogen) atoms. The lowest BCUT2D eigenvalue weighted by Crippen LogP contribution is -2.10. The van der Waals surface area contributed by atoms with E-state index < -0.39 is 5.91 Å². The van der Waals surface area contributed by atoms with Gasteiger partial charge in [-0.3, -0.25) is 4.79 Å². The molecule has 0 unspecified atom stereocenters. The molecule has 0 radical (unpaired) electrons. The van der Waals surface area contributed by atoms with Crippen molar-refractivity contribution in [2.45, 2.75) is 19.8 Å². The van der Waals surface area contributed by atoms with Gasteiger partial charge in [-0.25, -0.2) is 0 Å². The number of carbonyl (C=O) groups excluding carboxylic acids is 1. The van der Waals surface area contributed by atoms with E-state index in [0.29, 0.717) is 5.69 Å². The Labute approximate surface area is 65.6 Å². The van der Waals surface area contributed by atoms with Crippen LogP contribution < -0.4 is 5.73 Å². The highest BCUT2D eigenvalue weighted by atomic mass is 16.1. The molecule has 1 amide bonds. The molecule has 0 atom stereocenters. The molecule has 0 aliphatic rings. The number of H-pyrrole nitrogens is 1. The molecule has 0 bridgehead atoms. The summed E-state index contributed by atoms with van der Waals surface area (Å²) in [6.07, 6.45) is 3.89. The Morgan fingerprint density at radius 2 is 2.45 bits per heavy atom. The first-order valence-corrected chi connectivity index (χ1v) is 3.71. The third-order valence-corrected chi connectivity index (χ3v) is 1.55. The van der Waals surface area contributed by atoms with E-state index in [1.54, 1.807) is 6.07 Å². The topological polar surface area (TPSA) is 58.9 Å². The van der Waals surface area contributed by atoms with Crippen LogP contribution in [0.15, 0.2) is 12.3 Å². The number of aromatic amines is 1. The van der Waals surface area contributed by atoms with Crippen molar-refractivity contribution in [2.24, 2.45) is 5.73 Å². The Kier molecular flexibility index (Phi) is 2.31. The summed E-state index contributed by atoms with van der Waals surface area (Å²) in [7, 11) is 0. The van der Waals surface area contributed by atoms with E-state index >= 15 is 0 Å². The van der Waals surface area contributed by atoms with Crippen molar-refractivity contribution in [1.29, 1.82) is 0 Å². The van der Waals surface area contributed by atoms with Crippen molar-refractivity contribution in [3.8, 4) is 0 Å². The second-order valence-electron chi connectivity index (χ2n) is 2.54. The molecular formula is C8H12N2O. The molecule has 1 rings (SSSR count). The molecule has 3 nitrogen and oxygen atoms in total. The fraction of sp³-hybridized carbons (Fsp3) is 0.375. The monoisotopic (exact) mass is 152 g/mol. The number of aromatic nitrogens is 1. The van der Waals surface area contributed by atoms with Crippen LogP contribution in [-0.2, 0) is 6.42 Å². The number of rotatable bonds is 3. The molecule has 0 saturated carbocycles. The van der Waals surface area contributed by atoms with Gasteiger partial charge in [-0.2, -0.15) is 0 Å². The normalized spacial score (nSPS) is 9.91. The highest BCUT2D eigenvalue weighted by molar-refractivity contribution is 5.91. The van der Waals surface area contributed by atoms with E-state index in [1.807, 2.05) is 6.20 Å². The Morgan fingerprint density at radius 1 is 1.73 bits per heavy atom. The van der Waals surface area contributed by atoms with Crippen LogP contribution >= 0.6 is 0 Å². The SMILES string of the molecule is CCCc1c[nH]c(C(N)=O)c1. The minimum Gasteiger partial charge on any atom is -0.364 e. The second kappa shape index (κ2) is 3.23. The minimum atomic E-state index is -0.396. The lowest BCUT2D eigenvalue weighted by molar-refractivity contribution is 0.0996. The number of hydrogen-bond acceptors (Lipinski definition) is 1. The number of hydrogen-bond donors (Lipinski definition) is 2. The van der Waals surface area contributed by atoms with Gasteiger partial charge in [0.1, 0.15) is 5.69 Å². The highest BCUT2D eigenvalue weighted by Crippen LogP contribution is 2.04. The molecule has 1 heterocycles. The maximum absolute atomic E-state index is 10.6. The fourth-order valence-electron chi connectivity index (χ4n) is 1.01. The third kappa shape index (κ3) is 1.83. The molecule has 0 aromatic carbocycles. The predicted octanol–water partition coefficient (Wildman–Crippen LogP) is 1.07. The Bertz CT molecular complexity index is 252. The van der Waals surface area contributed by atoms with Gasteiger partial charge in [-0.05, 0) is 18.1 Å². The van der Waals surface area contributed by atoms with Gasteiger partial charge in [-0.15, -0.1) is 0 Å². The average molecular weight is 152 g/mol. The van der Waals surface area contributed by atoms with Crippen molar-refractivity contribution < 1.29 is 4.79 Å². The number of carbonyl (C=O) groups is 1. The quantitative estimate of drug-likeness (QED) is 0.668. The van der Waals surface area contributed by atoms with Crippen LogP contribution in [0.4, 0.5) is 0 Å². The van der Waals surface area contributed by atoms with Crippen LogP contribution in [0.5, 0.6) is 0 Å². The van der Waals surface area contributed by atoms with Gasteiger partial charge in [0.2, 0.25) is 0 Å². The average Bonchev–Trinajstić information content (AvgIpc) is 2.37. The van der Waals surface area contributed by atoms with E-state index in [-0.39, 0.29) is 0 Å². The highest BCUT2D eigenvalue weighted by Gasteiger charge is 2.02. The number of primary amides is 1. The number of amides is 1. The van der Waals surface area contributed by atoms with Crippen LogP contribution in [0.2, 0.25) is 0 Å². The van der Waals surface area contributed by atoms with E-state index in [4.69, 9.17) is 5.73 Å². The molecule has 3 heteroatoms. The van der Waals surface area contributed by atoms with Crippen LogP contribution in [0.25, 0.3) is 0 Å². The number of aryl methyl sites for hydroxylation is 1. The van der Waals surface area contributed by atoms with Crippen LogP contribution in [0, 0.1) is 0 Å². The molecule has 0 saturated heterocycles. The summed E-state index contributed by atoms with van der Waals surface area (Å²) >= 11 is 0. The first-order chi connectivity index (χ1) is 5.24. The summed E-state index contributed by atoms with van der Waals surface area (Å²) in [4.78, 5) is 13.4. The van der Waals surface area contributed by atoms with E-state index in [2.05, 4.69) is 11.9 Å². The zero-order chi connectivity index (χ0) is 8.27. The van der Waals surface area contributed by atoms with Crippen molar-refractivity contribution in [3.05, 3.63) is 23.5 Å². The zero-order valence-electron chi connectivity index (χ0n) is 6.55. The molecular weight excluding hydrogens is 140 g/mol. The second-order valence-corrected chi connectivity index (χ2v) is 2.54. The molecule has 1 aromatic heterocycles. The first kappa shape index (κ1) is 7.85. The van der Waals surface area contributed by atoms with Gasteiger partial charge in [0.05, 0.1) is 0 Å². The Morgan fingerprint density at radius 3 is 2.91 bits per heavy atom. The molecule has 1 aromatic rings. The van der Waals surface area contributed by atoms with Crippen molar-refractivity contribution in [3.63, 3.8) is 0 Å². The van der Waals surface area contributed by atoms with Crippen molar-refractivity contribution in [2.75, 3.05) is 0 Å². The fourth-order valence-corrected chi connectivity index (χ4v) is 1.01. The molecule has 0 aliphatic heterocycles. The van der Waals surface area contributed by atoms with Gasteiger partial charge >= 0.3 is 0 Å². The van der Waals surface area contributed by atoms with Gasteiger partial charge in [0.25, 0.3) is 5.91 Å². The van der Waals surface area contributed by atoms with Crippen molar-refractivity contribution >= 4 is 5.91 Å². The maximum atomic E-state index is 10.6. The van der Waals surface area contributed by atoms with Crippen LogP contribution in [-0.4, -0.2) is 10.9 Å². The standard InChI is InChI=1S/C8H12N2O/c1-2-3-6-4-7(8(9)11)10-5-6/h4-5,10H,2-3H2,1H3,(H2,9,11). The molecule has 0 aliphatic carbocycles. The van der Waals surface area contributed by atoms with Crippen LogP contribution in [0.1, 0.15) is 29.4 Å². The lowest BCUT2D eigenvalue weighted by atomic mass is 10.2. The number of nitrogens with one attached hydrogen (secondary N) is 1. The summed E-state index contributed by atoms with van der Waals surface area (Å²) in [5, 5.41) is 0. The van der Waals surface area contributed by atoms with E-state index in [9.17, 15) is 4.79 Å². The van der Waals surface area contributed by atoms with E-state index in [1.165, 1.54) is 0 Å². The summed E-state index contributed by atoms with van der Waals surface area (Å²) in [5.74, 6) is -0.396. The van der Waals surface area contributed by atoms with Gasteiger partial charge < -0.3 is 10.7 Å². The lowest BCUT2D eigenvalue weighted by Gasteiger charge is -1.87. The van der Waals surface area contributed by atoms with Gasteiger partial charge in [0.15, 0.2) is 0 Å². The van der Waals surface area contributed by atoms with Gasteiger partial charge in [-0.1, -0.05) is 13.3 Å². The van der Waals surface area contributed by atoms with Gasteiger partial charge in [0, 0.05) is 6.20 Å². The zero-order valence-corrected chi connectivity index (χ0v) is 6.55. The summed E-state index contributed by atoms with van der Waals surface area (Å²) < 4.78 is 0. The Balaban J connectivity index is 2.73.